The van der Waals surface area contributed by atoms with Gasteiger partial charge in [0.05, 0.1) is 38.6 Å². The van der Waals surface area contributed by atoms with Gasteiger partial charge in [0.25, 0.3) is 0 Å². The highest BCUT2D eigenvalue weighted by Crippen LogP contribution is 2.33. The SMILES string of the molecule is CC/C=C\C/C=C\C/C=C\C/C=C\C/C=C\C/C=C\C/C=C\C/C=C\CCCCCCCCC(=O)NC(COC1OC(CO)C(OC2OC(CO)C(OC3OC(CO)C(O)C(O)C3O)C(O)C2O)C(O)C1O)C(O)/C=C/CC/C=C/CCCCCCCCCCCCCCCCCCCCCCCCCCCC. The number of allylic oxidation sites excluding steroid dienone is 19. The van der Waals surface area contributed by atoms with E-state index in [4.69, 9.17) is 28.4 Å². The molecule has 3 aliphatic rings. The first-order valence-corrected chi connectivity index (χ1v) is 42.8. The Morgan fingerprint density at radius 3 is 1.04 bits per heavy atom. The lowest BCUT2D eigenvalue weighted by Crippen LogP contribution is -2.66. The molecule has 0 aromatic heterocycles. The smallest absolute Gasteiger partial charge is 0.220 e. The fraction of sp³-hybridized carbons (Fsp3) is 0.764. The zero-order chi connectivity index (χ0) is 78.1. The van der Waals surface area contributed by atoms with Gasteiger partial charge in [-0.25, -0.2) is 0 Å². The van der Waals surface area contributed by atoms with E-state index in [9.17, 15) is 61.0 Å². The van der Waals surface area contributed by atoms with E-state index >= 15 is 0 Å². The summed E-state index contributed by atoms with van der Waals surface area (Å²) in [6.45, 7) is 1.61. The van der Waals surface area contributed by atoms with Crippen LogP contribution in [-0.4, -0.2) is 193 Å². The molecule has 0 radical (unpaired) electrons. The first-order valence-electron chi connectivity index (χ1n) is 42.8. The predicted octanol–water partition coefficient (Wildman–Crippen LogP) is 15.5. The molecule has 0 spiro atoms. The van der Waals surface area contributed by atoms with Crippen LogP contribution in [0.1, 0.15) is 303 Å². The molecule has 12 N–H and O–H groups in total. The molecule has 3 aliphatic heterocycles. The zero-order valence-electron chi connectivity index (χ0n) is 66.8. The van der Waals surface area contributed by atoms with Gasteiger partial charge in [-0.2, -0.15) is 0 Å². The summed E-state index contributed by atoms with van der Waals surface area (Å²) in [6, 6.07) is -1.01. The van der Waals surface area contributed by atoms with E-state index in [1.165, 1.54) is 161 Å². The molecule has 17 unspecified atom stereocenters. The zero-order valence-corrected chi connectivity index (χ0v) is 66.8. The van der Waals surface area contributed by atoms with Crippen molar-refractivity contribution >= 4 is 5.91 Å². The molecule has 3 heterocycles. The van der Waals surface area contributed by atoms with Crippen LogP contribution >= 0.6 is 0 Å². The standard InChI is InChI=1S/C89H153NO18/c1-3-5-7-9-11-13-15-17-19-21-23-25-27-29-31-33-35-37-38-40-42-44-46-48-50-52-54-56-58-60-62-64-66-73(94)72(90-77(95)67-65-63-61-59-57-55-53-51-49-47-45-43-41-39-36-34-32-30-28-26-24-22-20-18-16-14-12-10-8-6-4-2)71-103-87-83(101)80(98)85(75(69-92)105-87)108-89-84(102)81(99)86(76(70-93)106-89)107-88-82(100)79(97)78(96)74(68-91)104-88/h6,8,12,14,18,20,24,26,30,32,36,39,43,45,49,51,56,58,64,66,72-76,78-89,91-94,96-102H,3-5,7,9-11,13,15-17,19,21-23,25,27-29,31,33-35,37-38,40-42,44,46-48,50,52-55,57,59-63,65,67-71H2,1-2H3,(H,90,95)/b8-6-,14-12-,20-18-,26-24-,32-30-,39-36-,45-43-,51-49-,58-56+,66-64+. The number of nitrogens with one attached hydrogen (secondary N) is 1. The molecule has 17 atom stereocenters. The van der Waals surface area contributed by atoms with Crippen molar-refractivity contribution in [3.63, 3.8) is 0 Å². The summed E-state index contributed by atoms with van der Waals surface area (Å²) in [5, 5.41) is 121. The molecular weight excluding hydrogens is 1370 g/mol. The highest BCUT2D eigenvalue weighted by atomic mass is 16.8. The lowest BCUT2D eigenvalue weighted by molar-refractivity contribution is -0.379. The van der Waals surface area contributed by atoms with Crippen LogP contribution in [0.3, 0.4) is 0 Å². The molecular formula is C89H153NO18. The first-order chi connectivity index (χ1) is 52.8. The lowest BCUT2D eigenvalue weighted by atomic mass is 9.96. The number of carbonyl (C=O) groups excluding carboxylic acids is 1. The second kappa shape index (κ2) is 67.7. The van der Waals surface area contributed by atoms with Crippen molar-refractivity contribution in [2.24, 2.45) is 0 Å². The van der Waals surface area contributed by atoms with Crippen LogP contribution in [0.4, 0.5) is 0 Å². The second-order valence-corrected chi connectivity index (χ2v) is 29.9. The van der Waals surface area contributed by atoms with Crippen LogP contribution in [0, 0.1) is 0 Å². The Balaban J connectivity index is 1.38. The normalized spacial score (nSPS) is 26.0. The van der Waals surface area contributed by atoms with Crippen molar-refractivity contribution < 1.29 is 89.4 Å². The third-order valence-corrected chi connectivity index (χ3v) is 20.5. The van der Waals surface area contributed by atoms with Crippen LogP contribution in [0.15, 0.2) is 122 Å². The molecule has 0 aromatic carbocycles. The number of amides is 1. The number of hydrogen-bond acceptors (Lipinski definition) is 18. The lowest BCUT2D eigenvalue weighted by Gasteiger charge is -2.48. The number of hydrogen-bond donors (Lipinski definition) is 12. The predicted molar refractivity (Wildman–Crippen MR) is 433 cm³/mol. The minimum absolute atomic E-state index is 0.210. The van der Waals surface area contributed by atoms with E-state index < -0.39 is 124 Å². The maximum Gasteiger partial charge on any atom is 0.220 e. The fourth-order valence-corrected chi connectivity index (χ4v) is 13.7. The number of unbranched alkanes of at least 4 members (excludes halogenated alkanes) is 33. The Bertz CT molecular complexity index is 2420. The van der Waals surface area contributed by atoms with Crippen molar-refractivity contribution in [3.8, 4) is 0 Å². The van der Waals surface area contributed by atoms with Crippen molar-refractivity contribution in [1.82, 2.24) is 5.32 Å². The number of rotatable bonds is 67. The van der Waals surface area contributed by atoms with Gasteiger partial charge < -0.3 is 89.9 Å². The second-order valence-electron chi connectivity index (χ2n) is 29.9. The Morgan fingerprint density at radius 2 is 0.648 bits per heavy atom. The van der Waals surface area contributed by atoms with Crippen molar-refractivity contribution in [2.75, 3.05) is 26.4 Å². The van der Waals surface area contributed by atoms with Crippen molar-refractivity contribution in [2.45, 2.75) is 407 Å². The fourth-order valence-electron chi connectivity index (χ4n) is 13.7. The summed E-state index contributed by atoms with van der Waals surface area (Å²) in [7, 11) is 0. The van der Waals surface area contributed by atoms with Gasteiger partial charge in [0.1, 0.15) is 73.2 Å². The number of carbonyl (C=O) groups is 1. The summed E-state index contributed by atoms with van der Waals surface area (Å²) in [6.07, 6.45) is 69.1. The number of ether oxygens (including phenoxy) is 6. The highest BCUT2D eigenvalue weighted by molar-refractivity contribution is 5.76. The molecule has 3 rings (SSSR count). The van der Waals surface area contributed by atoms with Crippen LogP contribution < -0.4 is 5.32 Å². The average Bonchev–Trinajstić information content (AvgIpc) is 0.779. The van der Waals surface area contributed by atoms with Crippen molar-refractivity contribution in [3.05, 3.63) is 122 Å². The van der Waals surface area contributed by atoms with E-state index in [1.807, 2.05) is 6.08 Å². The molecule has 0 aliphatic carbocycles. The van der Waals surface area contributed by atoms with Crippen LogP contribution in [0.25, 0.3) is 0 Å². The van der Waals surface area contributed by atoms with E-state index in [1.54, 1.807) is 6.08 Å². The van der Waals surface area contributed by atoms with Gasteiger partial charge in [0, 0.05) is 6.42 Å². The Kier molecular flexibility index (Phi) is 61.6. The molecule has 3 fully saturated rings. The van der Waals surface area contributed by atoms with Crippen LogP contribution in [-0.2, 0) is 33.2 Å². The maximum absolute atomic E-state index is 13.5. The van der Waals surface area contributed by atoms with Gasteiger partial charge >= 0.3 is 0 Å². The minimum Gasteiger partial charge on any atom is -0.394 e. The highest BCUT2D eigenvalue weighted by Gasteiger charge is 2.54. The van der Waals surface area contributed by atoms with E-state index in [0.717, 1.165) is 109 Å². The largest absolute Gasteiger partial charge is 0.394 e. The Labute approximate surface area is 652 Å². The van der Waals surface area contributed by atoms with Crippen molar-refractivity contribution in [1.29, 1.82) is 0 Å². The minimum atomic E-state index is -1.99. The van der Waals surface area contributed by atoms with Crippen LogP contribution in [0.2, 0.25) is 0 Å². The first kappa shape index (κ1) is 98.4. The third-order valence-electron chi connectivity index (χ3n) is 20.5. The maximum atomic E-state index is 13.5. The Hall–Kier alpha value is -3.81. The molecule has 622 valence electrons. The summed E-state index contributed by atoms with van der Waals surface area (Å²) < 4.78 is 34.5. The van der Waals surface area contributed by atoms with Gasteiger partial charge in [-0.1, -0.05) is 322 Å². The molecule has 108 heavy (non-hydrogen) atoms. The summed E-state index contributed by atoms with van der Waals surface area (Å²) in [5.74, 6) is -0.302. The third kappa shape index (κ3) is 46.4. The molecule has 19 nitrogen and oxygen atoms in total. The van der Waals surface area contributed by atoms with Gasteiger partial charge in [0.2, 0.25) is 5.91 Å². The Morgan fingerprint density at radius 1 is 0.343 bits per heavy atom. The van der Waals surface area contributed by atoms with E-state index in [0.29, 0.717) is 12.8 Å². The molecule has 19 heteroatoms. The number of aliphatic hydroxyl groups excluding tert-OH is 11. The van der Waals surface area contributed by atoms with E-state index in [2.05, 4.69) is 129 Å². The van der Waals surface area contributed by atoms with Gasteiger partial charge in [-0.05, 0) is 96.3 Å². The van der Waals surface area contributed by atoms with Gasteiger partial charge in [0.15, 0.2) is 18.9 Å². The van der Waals surface area contributed by atoms with Gasteiger partial charge in [-0.15, -0.1) is 0 Å². The average molecular weight is 1530 g/mol. The van der Waals surface area contributed by atoms with Crippen LogP contribution in [0.5, 0.6) is 0 Å². The molecule has 0 aromatic rings. The molecule has 0 bridgehead atoms. The summed E-state index contributed by atoms with van der Waals surface area (Å²) in [4.78, 5) is 13.5. The summed E-state index contributed by atoms with van der Waals surface area (Å²) in [5.41, 5.74) is 0. The molecule has 1 amide bonds. The molecule has 3 saturated heterocycles. The molecule has 0 saturated carbocycles. The van der Waals surface area contributed by atoms with E-state index in [-0.39, 0.29) is 18.9 Å². The van der Waals surface area contributed by atoms with Gasteiger partial charge in [-0.3, -0.25) is 4.79 Å². The number of aliphatic hydroxyl groups is 11. The monoisotopic (exact) mass is 1520 g/mol. The quantitative estimate of drug-likeness (QED) is 0.0199. The summed E-state index contributed by atoms with van der Waals surface area (Å²) >= 11 is 0. The topological polar surface area (TPSA) is 307 Å².